The number of amides is 1. The van der Waals surface area contributed by atoms with E-state index in [-0.39, 0.29) is 5.91 Å². The summed E-state index contributed by atoms with van der Waals surface area (Å²) >= 11 is 6.31. The molecule has 2 heterocycles. The van der Waals surface area contributed by atoms with Gasteiger partial charge in [0.25, 0.3) is 5.91 Å². The van der Waals surface area contributed by atoms with E-state index in [9.17, 15) is 4.79 Å². The summed E-state index contributed by atoms with van der Waals surface area (Å²) in [6.45, 7) is 13.0. The Hall–Kier alpha value is -2.77. The second kappa shape index (κ2) is 9.84. The maximum Gasteiger partial charge on any atom is 0.263 e. The van der Waals surface area contributed by atoms with Gasteiger partial charge in [-0.1, -0.05) is 48.8 Å². The van der Waals surface area contributed by atoms with Crippen molar-refractivity contribution in [3.05, 3.63) is 69.6 Å². The van der Waals surface area contributed by atoms with Crippen LogP contribution in [0.2, 0.25) is 0 Å². The first kappa shape index (κ1) is 24.4. The van der Waals surface area contributed by atoms with Gasteiger partial charge in [0.2, 0.25) is 0 Å². The molecule has 34 heavy (non-hydrogen) atoms. The van der Waals surface area contributed by atoms with Gasteiger partial charge in [0, 0.05) is 5.56 Å². The fourth-order valence-electron chi connectivity index (χ4n) is 4.21. The van der Waals surface area contributed by atoms with Gasteiger partial charge in [-0.2, -0.15) is 0 Å². The molecule has 0 aromatic heterocycles. The van der Waals surface area contributed by atoms with E-state index in [2.05, 4.69) is 39.6 Å². The lowest BCUT2D eigenvalue weighted by atomic mass is 9.87. The average molecular weight is 496 g/mol. The van der Waals surface area contributed by atoms with E-state index in [4.69, 9.17) is 26.4 Å². The third kappa shape index (κ3) is 5.00. The largest absolute Gasteiger partial charge is 0.489 e. The van der Waals surface area contributed by atoms with Gasteiger partial charge < -0.3 is 19.5 Å². The number of hydrogen-bond donors (Lipinski definition) is 1. The van der Waals surface area contributed by atoms with Crippen molar-refractivity contribution in [3.63, 3.8) is 0 Å². The summed E-state index contributed by atoms with van der Waals surface area (Å²) in [6.07, 6.45) is 5.34. The lowest BCUT2D eigenvalue weighted by Crippen LogP contribution is -2.42. The van der Waals surface area contributed by atoms with Gasteiger partial charge in [-0.05, 0) is 81.0 Å². The van der Waals surface area contributed by atoms with Crippen molar-refractivity contribution >= 4 is 40.3 Å². The molecule has 2 aromatic rings. The number of rotatable bonds is 7. The van der Waals surface area contributed by atoms with Crippen LogP contribution < -0.4 is 19.5 Å². The quantitative estimate of drug-likeness (QED) is 0.296. The van der Waals surface area contributed by atoms with Crippen LogP contribution in [0.15, 0.2) is 41.8 Å². The molecule has 5 nitrogen and oxygen atoms in total. The van der Waals surface area contributed by atoms with Crippen molar-refractivity contribution in [2.75, 3.05) is 13.2 Å². The van der Waals surface area contributed by atoms with Crippen molar-refractivity contribution in [2.45, 2.75) is 46.1 Å². The van der Waals surface area contributed by atoms with Crippen LogP contribution in [-0.2, 0) is 11.2 Å². The number of thiocarbonyl (C=S) groups is 1. The Kier molecular flexibility index (Phi) is 7.05. The second-order valence-electron chi connectivity index (χ2n) is 8.87. The Morgan fingerprint density at radius 3 is 2.56 bits per heavy atom. The second-order valence-corrected chi connectivity index (χ2v) is 10.6. The number of carbonyl (C=O) groups excluding carboxylic acids is 1. The highest BCUT2D eigenvalue weighted by Crippen LogP contribution is 2.44. The summed E-state index contributed by atoms with van der Waals surface area (Å²) in [5, 5.41) is 2.63. The lowest BCUT2D eigenvalue weighted by molar-refractivity contribution is -0.115. The number of nitrogens with one attached hydrogen (secondary N) is 1. The molecule has 4 rings (SSSR count). The Bertz CT molecular complexity index is 1190. The molecule has 0 aliphatic carbocycles. The van der Waals surface area contributed by atoms with Crippen LogP contribution in [0.5, 0.6) is 17.2 Å². The number of benzene rings is 2. The number of hydrogen-bond acceptors (Lipinski definition) is 6. The molecule has 1 N–H and O–H groups in total. The first-order chi connectivity index (χ1) is 16.2. The van der Waals surface area contributed by atoms with Gasteiger partial charge in [0.05, 0.1) is 4.91 Å². The van der Waals surface area contributed by atoms with Crippen molar-refractivity contribution in [1.82, 2.24) is 5.32 Å². The molecule has 1 amide bonds. The lowest BCUT2D eigenvalue weighted by Gasteiger charge is -2.38. The van der Waals surface area contributed by atoms with Gasteiger partial charge in [-0.25, -0.2) is 0 Å². The summed E-state index contributed by atoms with van der Waals surface area (Å²) in [4.78, 5) is 12.4. The first-order valence-electron chi connectivity index (χ1n) is 11.2. The van der Waals surface area contributed by atoms with Crippen LogP contribution in [0, 0.1) is 20.8 Å². The molecule has 0 bridgehead atoms. The number of carbonyl (C=O) groups is 1. The predicted molar refractivity (Wildman–Crippen MR) is 142 cm³/mol. The zero-order valence-corrected chi connectivity index (χ0v) is 21.6. The number of thioether (sulfide) groups is 1. The highest BCUT2D eigenvalue weighted by molar-refractivity contribution is 8.26. The zero-order valence-electron chi connectivity index (χ0n) is 19.9. The van der Waals surface area contributed by atoms with E-state index in [0.29, 0.717) is 22.4 Å². The van der Waals surface area contributed by atoms with Crippen LogP contribution in [0.1, 0.15) is 41.2 Å². The first-order valence-corrected chi connectivity index (χ1v) is 12.5. The molecule has 2 aliphatic rings. The Balaban J connectivity index is 1.45. The van der Waals surface area contributed by atoms with E-state index >= 15 is 0 Å². The topological polar surface area (TPSA) is 56.8 Å². The summed E-state index contributed by atoms with van der Waals surface area (Å²) in [5.74, 6) is 2.49. The molecule has 0 saturated carbocycles. The highest BCUT2D eigenvalue weighted by atomic mass is 32.2. The normalized spacial score (nSPS) is 20.5. The van der Waals surface area contributed by atoms with Crippen molar-refractivity contribution in [3.8, 4) is 17.2 Å². The van der Waals surface area contributed by atoms with Gasteiger partial charge in [0.15, 0.2) is 0 Å². The Morgan fingerprint density at radius 1 is 1.18 bits per heavy atom. The SMILES string of the molecule is C=CCOc1c(C)c(C)c2c(c1C)CCC(C)(COc1ccc(/C=C3\SC(=S)NC3=O)cc1)O2. The van der Waals surface area contributed by atoms with Gasteiger partial charge in [-0.15, -0.1) is 0 Å². The molecule has 0 spiro atoms. The fraction of sp³-hybridized carbons (Fsp3) is 0.333. The summed E-state index contributed by atoms with van der Waals surface area (Å²) in [7, 11) is 0. The minimum atomic E-state index is -0.435. The molecule has 7 heteroatoms. The molecule has 2 aromatic carbocycles. The molecule has 0 radical (unpaired) electrons. The zero-order chi connectivity index (χ0) is 24.5. The van der Waals surface area contributed by atoms with Crippen LogP contribution in [0.4, 0.5) is 0 Å². The predicted octanol–water partition coefficient (Wildman–Crippen LogP) is 5.83. The van der Waals surface area contributed by atoms with E-state index in [1.165, 1.54) is 17.3 Å². The molecule has 1 fully saturated rings. The van der Waals surface area contributed by atoms with Crippen molar-refractivity contribution in [1.29, 1.82) is 0 Å². The molecular weight excluding hydrogens is 466 g/mol. The standard InChI is InChI=1S/C27H29NO4S2/c1-6-13-30-23-16(2)17(3)24-21(18(23)4)11-12-27(5,32-24)15-31-20-9-7-19(8-10-20)14-22-25(29)28-26(33)34-22/h6-10,14H,1,11-13,15H2,2-5H3,(H,28,29,33)/b22-14-. The minimum Gasteiger partial charge on any atom is -0.489 e. The van der Waals surface area contributed by atoms with Gasteiger partial charge in [-0.3, -0.25) is 4.79 Å². The van der Waals surface area contributed by atoms with Gasteiger partial charge in [0.1, 0.15) is 40.4 Å². The van der Waals surface area contributed by atoms with E-state index in [1.807, 2.05) is 30.3 Å². The summed E-state index contributed by atoms with van der Waals surface area (Å²) < 4.78 is 19.1. The summed E-state index contributed by atoms with van der Waals surface area (Å²) in [6, 6.07) is 7.67. The van der Waals surface area contributed by atoms with Crippen LogP contribution in [-0.4, -0.2) is 29.0 Å². The Morgan fingerprint density at radius 2 is 1.91 bits per heavy atom. The molecule has 1 atom stereocenters. The van der Waals surface area contributed by atoms with E-state index in [1.54, 1.807) is 6.08 Å². The van der Waals surface area contributed by atoms with Crippen molar-refractivity contribution in [2.24, 2.45) is 0 Å². The monoisotopic (exact) mass is 495 g/mol. The van der Waals surface area contributed by atoms with Crippen molar-refractivity contribution < 1.29 is 19.0 Å². The van der Waals surface area contributed by atoms with Crippen LogP contribution in [0.3, 0.4) is 0 Å². The molecule has 1 unspecified atom stereocenters. The maximum absolute atomic E-state index is 11.9. The molecule has 2 aliphatic heterocycles. The Labute approximate surface area is 210 Å². The van der Waals surface area contributed by atoms with Crippen LogP contribution in [0.25, 0.3) is 6.08 Å². The molecule has 1 saturated heterocycles. The molecule has 178 valence electrons. The molecular formula is C27H29NO4S2. The third-order valence-corrected chi connectivity index (χ3v) is 7.44. The number of fused-ring (bicyclic) bond motifs is 1. The van der Waals surface area contributed by atoms with Gasteiger partial charge >= 0.3 is 0 Å². The van der Waals surface area contributed by atoms with E-state index < -0.39 is 5.60 Å². The summed E-state index contributed by atoms with van der Waals surface area (Å²) in [5.41, 5.74) is 5.04. The van der Waals surface area contributed by atoms with Crippen LogP contribution >= 0.6 is 24.0 Å². The highest BCUT2D eigenvalue weighted by Gasteiger charge is 2.35. The maximum atomic E-state index is 11.9. The smallest absolute Gasteiger partial charge is 0.263 e. The van der Waals surface area contributed by atoms with E-state index in [0.717, 1.165) is 52.3 Å². The number of ether oxygens (including phenoxy) is 3. The average Bonchev–Trinajstić information content (AvgIpc) is 3.13. The third-order valence-electron chi connectivity index (χ3n) is 6.27. The fourth-order valence-corrected chi connectivity index (χ4v) is 5.25. The minimum absolute atomic E-state index is 0.155.